The van der Waals surface area contributed by atoms with Crippen molar-refractivity contribution >= 4 is 6.47 Å². The van der Waals surface area contributed by atoms with Gasteiger partial charge in [-0.3, -0.25) is 4.79 Å². The van der Waals surface area contributed by atoms with Gasteiger partial charge >= 0.3 is 0 Å². The van der Waals surface area contributed by atoms with Crippen LogP contribution in [-0.2, 0) is 9.53 Å². The van der Waals surface area contributed by atoms with Crippen molar-refractivity contribution in [3.8, 4) is 6.07 Å². The number of hydrogen-bond donors (Lipinski definition) is 1. The van der Waals surface area contributed by atoms with Crippen LogP contribution in [0.2, 0.25) is 0 Å². The van der Waals surface area contributed by atoms with Gasteiger partial charge in [0.1, 0.15) is 6.10 Å². The third kappa shape index (κ3) is 2.92. The highest BCUT2D eigenvalue weighted by Gasteiger charge is 2.63. The van der Waals surface area contributed by atoms with Gasteiger partial charge in [-0.15, -0.1) is 0 Å². The Labute approximate surface area is 170 Å². The number of hydrogen-bond acceptors (Lipinski definition) is 4. The fourth-order valence-electron chi connectivity index (χ4n) is 8.65. The van der Waals surface area contributed by atoms with E-state index in [1.807, 2.05) is 0 Å². The Morgan fingerprint density at radius 3 is 2.57 bits per heavy atom. The average Bonchev–Trinajstić information content (AvgIpc) is 3.00. The molecule has 0 heterocycles. The first kappa shape index (κ1) is 20.2. The third-order valence-corrected chi connectivity index (χ3v) is 10.1. The minimum atomic E-state index is -0.229. The summed E-state index contributed by atoms with van der Waals surface area (Å²) in [5.74, 6) is 3.11. The molecule has 4 heteroatoms. The van der Waals surface area contributed by atoms with E-state index in [4.69, 9.17) is 4.74 Å². The Morgan fingerprint density at radius 1 is 1.14 bits per heavy atom. The molecule has 0 radical (unpaired) electrons. The molecule has 0 aliphatic heterocycles. The monoisotopic (exact) mass is 387 g/mol. The van der Waals surface area contributed by atoms with Gasteiger partial charge in [-0.25, -0.2) is 0 Å². The van der Waals surface area contributed by atoms with Gasteiger partial charge in [-0.1, -0.05) is 20.8 Å². The Balaban J connectivity index is 1.58. The third-order valence-electron chi connectivity index (χ3n) is 10.1. The van der Waals surface area contributed by atoms with Gasteiger partial charge in [0, 0.05) is 6.42 Å². The quantitative estimate of drug-likeness (QED) is 0.709. The molecule has 4 fully saturated rings. The summed E-state index contributed by atoms with van der Waals surface area (Å²) in [4.78, 5) is 10.8. The summed E-state index contributed by atoms with van der Waals surface area (Å²) < 4.78 is 5.31. The van der Waals surface area contributed by atoms with Crippen molar-refractivity contribution in [2.24, 2.45) is 46.3 Å². The maximum absolute atomic E-state index is 11.3. The van der Waals surface area contributed by atoms with Crippen molar-refractivity contribution in [3.63, 3.8) is 0 Å². The minimum absolute atomic E-state index is 0.0378. The molecule has 4 aliphatic carbocycles. The molecule has 1 unspecified atom stereocenters. The van der Waals surface area contributed by atoms with Crippen LogP contribution in [0.3, 0.4) is 0 Å². The lowest BCUT2D eigenvalue weighted by Crippen LogP contribution is -2.58. The van der Waals surface area contributed by atoms with Crippen molar-refractivity contribution in [3.05, 3.63) is 0 Å². The lowest BCUT2D eigenvalue weighted by molar-refractivity contribution is -0.178. The van der Waals surface area contributed by atoms with Gasteiger partial charge in [-0.2, -0.15) is 5.26 Å². The minimum Gasteiger partial charge on any atom is -0.465 e. The molecular weight excluding hydrogens is 350 g/mol. The maximum atomic E-state index is 11.3. The van der Waals surface area contributed by atoms with E-state index in [1.54, 1.807) is 0 Å². The van der Waals surface area contributed by atoms with Gasteiger partial charge in [0.05, 0.1) is 12.2 Å². The van der Waals surface area contributed by atoms with Gasteiger partial charge in [-0.05, 0) is 97.7 Å². The maximum Gasteiger partial charge on any atom is 0.293 e. The van der Waals surface area contributed by atoms with Gasteiger partial charge in [0.2, 0.25) is 0 Å². The molecule has 4 nitrogen and oxygen atoms in total. The Hall–Kier alpha value is -1.08. The second-order valence-corrected chi connectivity index (χ2v) is 11.0. The summed E-state index contributed by atoms with van der Waals surface area (Å²) >= 11 is 0. The SMILES string of the molecule is C[C@H](CC#N)[C@H]1CC[C@H]2[C@@H]3C(O)C[C@@H]4C[C@H](OC=O)CC[C@]4(C)[C@H]3CC[C@]12C. The molecule has 156 valence electrons. The molecule has 0 aromatic carbocycles. The molecule has 0 saturated heterocycles. The van der Waals surface area contributed by atoms with E-state index in [1.165, 1.54) is 25.7 Å². The van der Waals surface area contributed by atoms with E-state index >= 15 is 0 Å². The highest BCUT2D eigenvalue weighted by molar-refractivity contribution is 5.37. The van der Waals surface area contributed by atoms with E-state index < -0.39 is 0 Å². The largest absolute Gasteiger partial charge is 0.465 e. The van der Waals surface area contributed by atoms with E-state index in [0.717, 1.165) is 25.7 Å². The first-order chi connectivity index (χ1) is 13.3. The highest BCUT2D eigenvalue weighted by Crippen LogP contribution is 2.68. The van der Waals surface area contributed by atoms with Crippen LogP contribution in [0.5, 0.6) is 0 Å². The number of carbonyl (C=O) groups excluding carboxylic acids is 1. The number of nitriles is 1. The molecule has 1 N–H and O–H groups in total. The first-order valence-electron chi connectivity index (χ1n) is 11.5. The zero-order chi connectivity index (χ0) is 20.1. The molecule has 4 aliphatic rings. The van der Waals surface area contributed by atoms with Crippen LogP contribution in [-0.4, -0.2) is 23.8 Å². The van der Waals surface area contributed by atoms with E-state index in [2.05, 4.69) is 26.8 Å². The number of fused-ring (bicyclic) bond motifs is 5. The summed E-state index contributed by atoms with van der Waals surface area (Å²) in [5, 5.41) is 20.5. The van der Waals surface area contributed by atoms with E-state index in [-0.39, 0.29) is 23.0 Å². The summed E-state index contributed by atoms with van der Waals surface area (Å²) in [6, 6.07) is 2.39. The van der Waals surface area contributed by atoms with Crippen LogP contribution in [0.15, 0.2) is 0 Å². The molecule has 10 atom stereocenters. The van der Waals surface area contributed by atoms with Crippen LogP contribution in [0, 0.1) is 57.7 Å². The van der Waals surface area contributed by atoms with Crippen molar-refractivity contribution in [2.75, 3.05) is 0 Å². The van der Waals surface area contributed by atoms with Crippen molar-refractivity contribution < 1.29 is 14.6 Å². The van der Waals surface area contributed by atoms with Crippen molar-refractivity contribution in [2.45, 2.75) is 90.8 Å². The Bertz CT molecular complexity index is 644. The summed E-state index contributed by atoms with van der Waals surface area (Å²) in [7, 11) is 0. The van der Waals surface area contributed by atoms with Gasteiger partial charge in [0.25, 0.3) is 6.47 Å². The second kappa shape index (κ2) is 7.31. The standard InChI is InChI=1S/C24H37NO3/c1-15(8-11-25)18-4-5-19-22-20(7-10-24(18,19)3)23(2)9-6-17(28-14-26)12-16(23)13-21(22)27/h14-22,27H,4-10,12-13H2,1-3H3/t15-,16+,17-,18-,19+,20+,21?,22+,23+,24-/m1/s1. The zero-order valence-corrected chi connectivity index (χ0v) is 17.8. The topological polar surface area (TPSA) is 70.3 Å². The number of aliphatic hydroxyl groups is 1. The molecule has 4 saturated carbocycles. The van der Waals surface area contributed by atoms with E-state index in [9.17, 15) is 15.2 Å². The van der Waals surface area contributed by atoms with Crippen LogP contribution < -0.4 is 0 Å². The molecule has 4 rings (SSSR count). The fraction of sp³-hybridized carbons (Fsp3) is 0.917. The number of carbonyl (C=O) groups is 1. The molecular formula is C24H37NO3. The van der Waals surface area contributed by atoms with Crippen molar-refractivity contribution in [1.82, 2.24) is 0 Å². The fourth-order valence-corrected chi connectivity index (χ4v) is 8.65. The van der Waals surface area contributed by atoms with Gasteiger partial charge < -0.3 is 9.84 Å². The zero-order valence-electron chi connectivity index (χ0n) is 17.8. The second-order valence-electron chi connectivity index (χ2n) is 11.0. The van der Waals surface area contributed by atoms with Crippen LogP contribution in [0.4, 0.5) is 0 Å². The summed E-state index contributed by atoms with van der Waals surface area (Å²) in [6.45, 7) is 7.79. The number of aliphatic hydroxyl groups excluding tert-OH is 1. The Kier molecular flexibility index (Phi) is 5.28. The number of nitrogens with zero attached hydrogens (tertiary/aromatic N) is 1. The lowest BCUT2D eigenvalue weighted by Gasteiger charge is -2.62. The van der Waals surface area contributed by atoms with Crippen LogP contribution >= 0.6 is 0 Å². The van der Waals surface area contributed by atoms with Gasteiger partial charge in [0.15, 0.2) is 0 Å². The first-order valence-corrected chi connectivity index (χ1v) is 11.5. The normalized spacial score (nSPS) is 51.2. The molecule has 28 heavy (non-hydrogen) atoms. The summed E-state index contributed by atoms with van der Waals surface area (Å²) in [6.07, 6.45) is 9.20. The average molecular weight is 388 g/mol. The number of rotatable bonds is 4. The highest BCUT2D eigenvalue weighted by atomic mass is 16.5. The van der Waals surface area contributed by atoms with Crippen LogP contribution in [0.1, 0.15) is 78.6 Å². The van der Waals surface area contributed by atoms with Crippen LogP contribution in [0.25, 0.3) is 0 Å². The molecule has 0 aromatic heterocycles. The number of ether oxygens (including phenoxy) is 1. The lowest BCUT2D eigenvalue weighted by atomic mass is 9.43. The smallest absolute Gasteiger partial charge is 0.293 e. The molecule has 0 bridgehead atoms. The molecule has 0 aromatic rings. The molecule has 0 spiro atoms. The predicted molar refractivity (Wildman–Crippen MR) is 107 cm³/mol. The van der Waals surface area contributed by atoms with Crippen molar-refractivity contribution in [1.29, 1.82) is 5.26 Å². The van der Waals surface area contributed by atoms with E-state index in [0.29, 0.717) is 48.4 Å². The predicted octanol–water partition coefficient (Wildman–Crippen LogP) is 4.71. The molecule has 0 amide bonds. The Morgan fingerprint density at radius 2 is 1.86 bits per heavy atom. The summed E-state index contributed by atoms with van der Waals surface area (Å²) in [5.41, 5.74) is 0.545.